The number of carbonyl (C=O) groups is 2. The number of nitrogens with zero attached hydrogens (tertiary/aromatic N) is 1. The minimum Gasteiger partial charge on any atom is -0.456 e. The molecule has 506 valence electrons. The average Bonchev–Trinajstić information content (AvgIpc) is 3.67. The fourth-order valence-electron chi connectivity index (χ4n) is 11.2. The maximum atomic E-state index is 13.6. The highest BCUT2D eigenvalue weighted by molar-refractivity contribution is 7.47. The smallest absolute Gasteiger partial charge is 0.456 e. The molecule has 0 aliphatic carbocycles. The Morgan fingerprint density at radius 1 is 0.407 bits per heavy atom. The molecule has 3 atom stereocenters. The fourth-order valence-corrected chi connectivity index (χ4v) is 11.9. The average molecular weight is 1230 g/mol. The van der Waals surface area contributed by atoms with Gasteiger partial charge in [-0.15, -0.1) is 0 Å². The summed E-state index contributed by atoms with van der Waals surface area (Å²) in [6.45, 7) is 7.04. The summed E-state index contributed by atoms with van der Waals surface area (Å²) in [6.07, 6.45) is 84.2. The van der Waals surface area contributed by atoms with E-state index in [1.165, 1.54) is 276 Å². The Bertz CT molecular complexity index is 1610. The highest BCUT2D eigenvalue weighted by Gasteiger charge is 2.30. The van der Waals surface area contributed by atoms with Gasteiger partial charge in [0.1, 0.15) is 19.3 Å². The molecule has 0 aromatic carbocycles. The predicted octanol–water partition coefficient (Wildman–Crippen LogP) is 24.0. The fraction of sp³-hybridized carbons (Fsp3) is 0.868. The molecule has 2 N–H and O–H groups in total. The number of amides is 1. The second kappa shape index (κ2) is 65.9. The number of carbonyl (C=O) groups excluding carboxylic acids is 2. The number of hydrogen-bond acceptors (Lipinski definition) is 6. The van der Waals surface area contributed by atoms with Crippen LogP contribution in [0.25, 0.3) is 0 Å². The van der Waals surface area contributed by atoms with E-state index in [2.05, 4.69) is 62.5 Å². The Morgan fingerprint density at radius 3 is 1.08 bits per heavy atom. The lowest BCUT2D eigenvalue weighted by Crippen LogP contribution is -2.47. The third kappa shape index (κ3) is 66.4. The molecular weight excluding hydrogens is 1080 g/mol. The van der Waals surface area contributed by atoms with Gasteiger partial charge in [-0.25, -0.2) is 4.57 Å². The van der Waals surface area contributed by atoms with Gasteiger partial charge in [0.05, 0.1) is 33.8 Å². The number of likely N-dealkylation sites (N-methyl/N-ethyl adjacent to an activating group) is 1. The zero-order chi connectivity index (χ0) is 62.8. The number of rotatable bonds is 69. The van der Waals surface area contributed by atoms with Gasteiger partial charge in [0.2, 0.25) is 5.91 Å². The van der Waals surface area contributed by atoms with E-state index in [1.54, 1.807) is 0 Å². The summed E-state index contributed by atoms with van der Waals surface area (Å²) in [5.41, 5.74) is 0. The van der Waals surface area contributed by atoms with E-state index in [9.17, 15) is 19.0 Å². The predicted molar refractivity (Wildman–Crippen MR) is 374 cm³/mol. The lowest BCUT2D eigenvalue weighted by Gasteiger charge is -2.27. The van der Waals surface area contributed by atoms with Crippen molar-refractivity contribution in [3.8, 4) is 0 Å². The van der Waals surface area contributed by atoms with E-state index in [0.717, 1.165) is 64.2 Å². The third-order valence-electron chi connectivity index (χ3n) is 17.0. The molecule has 0 aliphatic rings. The second-order valence-corrected chi connectivity index (χ2v) is 28.3. The van der Waals surface area contributed by atoms with Crippen LogP contribution in [0.2, 0.25) is 0 Å². The molecule has 0 heterocycles. The monoisotopic (exact) mass is 1230 g/mol. The summed E-state index contributed by atoms with van der Waals surface area (Å²) in [4.78, 5) is 38.0. The molecule has 10 heteroatoms. The zero-order valence-corrected chi connectivity index (χ0v) is 59.0. The Kier molecular flexibility index (Phi) is 64.4. The number of esters is 1. The summed E-state index contributed by atoms with van der Waals surface area (Å²) in [5.74, 6) is -0.487. The van der Waals surface area contributed by atoms with Crippen LogP contribution in [-0.4, -0.2) is 74.3 Å². The van der Waals surface area contributed by atoms with Crippen molar-refractivity contribution >= 4 is 19.7 Å². The number of ether oxygens (including phenoxy) is 1. The molecule has 1 amide bonds. The summed E-state index contributed by atoms with van der Waals surface area (Å²) in [7, 11) is 1.51. The number of quaternary nitrogens is 1. The van der Waals surface area contributed by atoms with Gasteiger partial charge < -0.3 is 19.4 Å². The van der Waals surface area contributed by atoms with Crippen molar-refractivity contribution in [2.45, 2.75) is 386 Å². The van der Waals surface area contributed by atoms with Crippen LogP contribution in [0, 0.1) is 0 Å². The first-order chi connectivity index (χ1) is 41.9. The van der Waals surface area contributed by atoms with Crippen molar-refractivity contribution in [2.75, 3.05) is 40.9 Å². The summed E-state index contributed by atoms with van der Waals surface area (Å²) < 4.78 is 30.9. The maximum Gasteiger partial charge on any atom is 0.472 e. The molecule has 0 aliphatic heterocycles. The largest absolute Gasteiger partial charge is 0.472 e. The summed E-state index contributed by atoms with van der Waals surface area (Å²) >= 11 is 0. The van der Waals surface area contributed by atoms with Crippen molar-refractivity contribution in [1.82, 2.24) is 5.32 Å². The van der Waals surface area contributed by atoms with Crippen LogP contribution in [-0.2, 0) is 27.9 Å². The van der Waals surface area contributed by atoms with Gasteiger partial charge in [-0.2, -0.15) is 0 Å². The second-order valence-electron chi connectivity index (χ2n) is 26.8. The molecule has 0 radical (unpaired) electrons. The highest BCUT2D eigenvalue weighted by atomic mass is 31.2. The molecule has 0 aromatic heterocycles. The molecule has 0 bridgehead atoms. The number of phosphoric acid groups is 1. The number of phosphoric ester groups is 1. The highest BCUT2D eigenvalue weighted by Crippen LogP contribution is 2.43. The Balaban J connectivity index is 4.96. The number of hydrogen-bond donors (Lipinski definition) is 2. The van der Waals surface area contributed by atoms with Crippen LogP contribution >= 0.6 is 7.82 Å². The van der Waals surface area contributed by atoms with Crippen LogP contribution in [0.3, 0.4) is 0 Å². The minimum absolute atomic E-state index is 0.0422. The topological polar surface area (TPSA) is 111 Å². The van der Waals surface area contributed by atoms with Gasteiger partial charge >= 0.3 is 13.8 Å². The SMILES string of the molecule is CCCCC/C=C\C/C=C\CCCCCCCCCCCCCCCCCCCC(=O)NC(COP(=O)(O)OCC[N+](C)(C)C)C(/C=C\CCCCCCCCCCCC)OC(=O)CCCCCCCCCCCCC/C=C/CCCCCCCC. The molecule has 0 saturated heterocycles. The first-order valence-electron chi connectivity index (χ1n) is 37.5. The van der Waals surface area contributed by atoms with Crippen LogP contribution in [0.15, 0.2) is 48.6 Å². The molecule has 0 rings (SSSR count). The zero-order valence-electron chi connectivity index (χ0n) is 58.1. The van der Waals surface area contributed by atoms with Crippen molar-refractivity contribution in [3.63, 3.8) is 0 Å². The Hall–Kier alpha value is -2.03. The lowest BCUT2D eigenvalue weighted by atomic mass is 10.0. The van der Waals surface area contributed by atoms with E-state index in [4.69, 9.17) is 13.8 Å². The van der Waals surface area contributed by atoms with Crippen molar-refractivity contribution in [2.24, 2.45) is 0 Å². The number of allylic oxidation sites excluding steroid dienone is 7. The number of nitrogens with one attached hydrogen (secondary N) is 1. The molecule has 0 fully saturated rings. The van der Waals surface area contributed by atoms with E-state index in [0.29, 0.717) is 23.9 Å². The van der Waals surface area contributed by atoms with Gasteiger partial charge in [0, 0.05) is 12.8 Å². The van der Waals surface area contributed by atoms with E-state index >= 15 is 0 Å². The van der Waals surface area contributed by atoms with Crippen LogP contribution < -0.4 is 5.32 Å². The van der Waals surface area contributed by atoms with Gasteiger partial charge in [-0.1, -0.05) is 320 Å². The molecular formula is C76H146N2O7P+. The summed E-state index contributed by atoms with van der Waals surface area (Å²) in [6, 6.07) is -0.847. The quantitative estimate of drug-likeness (QED) is 0.0205. The molecule has 0 spiro atoms. The van der Waals surface area contributed by atoms with Gasteiger partial charge in [0.15, 0.2) is 0 Å². The molecule has 0 saturated carbocycles. The van der Waals surface area contributed by atoms with Crippen LogP contribution in [0.1, 0.15) is 374 Å². The number of unbranched alkanes of at least 4 members (excludes halogenated alkanes) is 47. The van der Waals surface area contributed by atoms with E-state index in [-0.39, 0.29) is 25.1 Å². The van der Waals surface area contributed by atoms with Gasteiger partial charge in [0.25, 0.3) is 0 Å². The third-order valence-corrected chi connectivity index (χ3v) is 18.0. The minimum atomic E-state index is -4.45. The van der Waals surface area contributed by atoms with Crippen LogP contribution in [0.5, 0.6) is 0 Å². The first-order valence-corrected chi connectivity index (χ1v) is 39.0. The van der Waals surface area contributed by atoms with Crippen molar-refractivity contribution in [3.05, 3.63) is 48.6 Å². The van der Waals surface area contributed by atoms with Crippen molar-refractivity contribution < 1.29 is 37.3 Å². The van der Waals surface area contributed by atoms with Crippen molar-refractivity contribution in [1.29, 1.82) is 0 Å². The van der Waals surface area contributed by atoms with Gasteiger partial charge in [-0.3, -0.25) is 18.6 Å². The summed E-state index contributed by atoms with van der Waals surface area (Å²) in [5, 5.41) is 3.08. The normalized spacial score (nSPS) is 13.7. The Morgan fingerprint density at radius 2 is 0.709 bits per heavy atom. The van der Waals surface area contributed by atoms with E-state index in [1.807, 2.05) is 33.3 Å². The molecule has 3 unspecified atom stereocenters. The van der Waals surface area contributed by atoms with Gasteiger partial charge in [-0.05, 0) is 89.5 Å². The first kappa shape index (κ1) is 84.0. The molecule has 0 aromatic rings. The maximum absolute atomic E-state index is 13.6. The standard InChI is InChI=1S/C76H145N2O7P/c1-7-10-13-16-19-22-25-28-30-32-34-36-37-38-39-40-41-43-44-46-48-50-53-56-59-62-65-68-75(79)77-73(72-84-86(81,82)83-71-70-78(4,5)6)74(67-64-61-58-55-52-27-24-21-18-15-12-9-3)85-76(80)69-66-63-60-57-54-51-49-47-45-42-35-33-31-29-26-23-20-17-14-11-8-2/h19,22,28-31,64,67,73-74H,7-18,20-21,23-27,32-63,65-66,68-72H2,1-6H3,(H-,77,79,81,82)/p+1/b22-19-,30-28-,31-29+,67-64-. The molecule has 9 nitrogen and oxygen atoms in total. The Labute approximate surface area is 535 Å². The lowest BCUT2D eigenvalue weighted by molar-refractivity contribution is -0.870. The van der Waals surface area contributed by atoms with Crippen LogP contribution in [0.4, 0.5) is 0 Å². The molecule has 86 heavy (non-hydrogen) atoms. The van der Waals surface area contributed by atoms with E-state index < -0.39 is 20.0 Å².